The molecule has 4 nitrogen and oxygen atoms in total. The molecule has 0 unspecified atom stereocenters. The van der Waals surface area contributed by atoms with Crippen LogP contribution in [0, 0.1) is 17.6 Å². The summed E-state index contributed by atoms with van der Waals surface area (Å²) in [6.07, 6.45) is 0.958. The molecule has 0 radical (unpaired) electrons. The van der Waals surface area contributed by atoms with E-state index in [2.05, 4.69) is 10.3 Å². The number of carbonyl (C=O) groups excluding carboxylic acids is 2. The van der Waals surface area contributed by atoms with Gasteiger partial charge in [0, 0.05) is 32.8 Å². The van der Waals surface area contributed by atoms with Crippen molar-refractivity contribution in [2.75, 3.05) is 5.32 Å². The van der Waals surface area contributed by atoms with Gasteiger partial charge in [-0.15, -0.1) is 23.2 Å². The average molecular weight is 669 g/mol. The maximum Gasteiger partial charge on any atom is 0.231 e. The number of carbonyl (C=O) groups is 2. The molecule has 4 aromatic rings. The first kappa shape index (κ1) is 30.7. The van der Waals surface area contributed by atoms with Gasteiger partial charge in [-0.1, -0.05) is 65.1 Å². The van der Waals surface area contributed by atoms with Crippen LogP contribution in [-0.4, -0.2) is 21.0 Å². The molecule has 42 heavy (non-hydrogen) atoms. The van der Waals surface area contributed by atoms with Crippen molar-refractivity contribution < 1.29 is 18.4 Å². The van der Waals surface area contributed by atoms with Crippen LogP contribution in [-0.2, 0) is 24.1 Å². The summed E-state index contributed by atoms with van der Waals surface area (Å²) in [5.74, 6) is -4.09. The van der Waals surface area contributed by atoms with Crippen molar-refractivity contribution in [2.24, 2.45) is 5.92 Å². The van der Waals surface area contributed by atoms with E-state index >= 15 is 4.39 Å². The number of aromatic nitrogens is 1. The Hall–Kier alpha value is -2.74. The van der Waals surface area contributed by atoms with Crippen LogP contribution in [0.25, 0.3) is 0 Å². The molecule has 0 saturated heterocycles. The molecule has 1 heterocycles. The van der Waals surface area contributed by atoms with Gasteiger partial charge in [0.1, 0.15) is 10.2 Å². The van der Waals surface area contributed by atoms with Crippen LogP contribution in [0.3, 0.4) is 0 Å². The molecule has 1 aliphatic rings. The Morgan fingerprint density at radius 3 is 2.29 bits per heavy atom. The minimum Gasteiger partial charge on any atom is -0.326 e. The van der Waals surface area contributed by atoms with E-state index in [1.807, 2.05) is 30.3 Å². The van der Waals surface area contributed by atoms with E-state index in [1.165, 1.54) is 18.2 Å². The standard InChI is InChI=1S/C31H21Cl5F2N2O2/c32-18-10-17(11-19(33)12-18)27-28(31(27,35)36)30(42)40-20-7-9-23(34)22(13-20)26(41)14-25-29(38)21(24(37)15-39-25)8-6-16-4-2-1-3-5-16/h1-5,7,9-13,15,27-28H,6,8,14H2,(H,40,42)/t27-,28+/m0/s1. The van der Waals surface area contributed by atoms with Crippen molar-refractivity contribution in [3.8, 4) is 0 Å². The van der Waals surface area contributed by atoms with Crippen molar-refractivity contribution in [2.45, 2.75) is 29.5 Å². The summed E-state index contributed by atoms with van der Waals surface area (Å²) >= 11 is 31.4. The molecule has 1 aromatic heterocycles. The topological polar surface area (TPSA) is 59.1 Å². The van der Waals surface area contributed by atoms with Gasteiger partial charge in [-0.3, -0.25) is 14.6 Å². The van der Waals surface area contributed by atoms with Gasteiger partial charge >= 0.3 is 0 Å². The Morgan fingerprint density at radius 2 is 1.60 bits per heavy atom. The number of ketones is 1. The Kier molecular flexibility index (Phi) is 9.12. The molecule has 5 rings (SSSR count). The molecule has 1 amide bonds. The molecule has 2 atom stereocenters. The van der Waals surface area contributed by atoms with Crippen LogP contribution in [0.5, 0.6) is 0 Å². The first-order valence-corrected chi connectivity index (χ1v) is 14.7. The minimum absolute atomic E-state index is 0.0304. The zero-order chi connectivity index (χ0) is 30.2. The highest BCUT2D eigenvalue weighted by Crippen LogP contribution is 2.65. The zero-order valence-electron chi connectivity index (χ0n) is 21.6. The zero-order valence-corrected chi connectivity index (χ0v) is 25.4. The number of halogens is 7. The highest BCUT2D eigenvalue weighted by Gasteiger charge is 2.67. The van der Waals surface area contributed by atoms with Gasteiger partial charge in [-0.2, -0.15) is 0 Å². The number of amides is 1. The molecule has 0 aliphatic heterocycles. The molecule has 216 valence electrons. The first-order valence-electron chi connectivity index (χ1n) is 12.8. The Balaban J connectivity index is 1.30. The van der Waals surface area contributed by atoms with E-state index in [-0.39, 0.29) is 34.0 Å². The number of rotatable bonds is 9. The lowest BCUT2D eigenvalue weighted by molar-refractivity contribution is -0.117. The summed E-state index contributed by atoms with van der Waals surface area (Å²) in [4.78, 5) is 30.1. The SMILES string of the molecule is O=C(Cc1ncc(F)c(CCc2ccccc2)c1F)c1cc(NC(=O)[C@H]2[C@H](c3cc(Cl)cc(Cl)c3)C2(Cl)Cl)ccc1Cl. The summed E-state index contributed by atoms with van der Waals surface area (Å²) in [7, 11) is 0. The van der Waals surface area contributed by atoms with Gasteiger partial charge in [0.2, 0.25) is 5.91 Å². The Morgan fingerprint density at radius 1 is 0.905 bits per heavy atom. The predicted molar refractivity (Wildman–Crippen MR) is 163 cm³/mol. The van der Waals surface area contributed by atoms with E-state index < -0.39 is 45.9 Å². The van der Waals surface area contributed by atoms with Crippen molar-refractivity contribution in [1.82, 2.24) is 4.98 Å². The van der Waals surface area contributed by atoms with Crippen LogP contribution in [0.1, 0.15) is 38.7 Å². The van der Waals surface area contributed by atoms with E-state index in [0.29, 0.717) is 22.0 Å². The summed E-state index contributed by atoms with van der Waals surface area (Å²) in [6, 6.07) is 18.4. The number of benzene rings is 3. The fourth-order valence-corrected chi connectivity index (χ4v) is 6.52. The highest BCUT2D eigenvalue weighted by molar-refractivity contribution is 6.53. The number of hydrogen-bond donors (Lipinski definition) is 1. The number of anilines is 1. The third kappa shape index (κ3) is 6.58. The number of nitrogens with one attached hydrogen (secondary N) is 1. The smallest absolute Gasteiger partial charge is 0.231 e. The molecular formula is C31H21Cl5F2N2O2. The number of pyridine rings is 1. The molecule has 1 fully saturated rings. The van der Waals surface area contributed by atoms with E-state index in [9.17, 15) is 14.0 Å². The lowest BCUT2D eigenvalue weighted by Crippen LogP contribution is -2.18. The molecule has 1 N–H and O–H groups in total. The normalized spacial score (nSPS) is 17.1. The minimum atomic E-state index is -1.40. The van der Waals surface area contributed by atoms with Gasteiger partial charge in [0.25, 0.3) is 0 Å². The highest BCUT2D eigenvalue weighted by atomic mass is 35.5. The van der Waals surface area contributed by atoms with Crippen LogP contribution < -0.4 is 5.32 Å². The van der Waals surface area contributed by atoms with Crippen molar-refractivity contribution in [1.29, 1.82) is 0 Å². The van der Waals surface area contributed by atoms with Crippen molar-refractivity contribution in [3.05, 3.63) is 128 Å². The summed E-state index contributed by atoms with van der Waals surface area (Å²) in [6.45, 7) is 0. The van der Waals surface area contributed by atoms with E-state index in [4.69, 9.17) is 58.0 Å². The van der Waals surface area contributed by atoms with Crippen LogP contribution in [0.2, 0.25) is 15.1 Å². The Bertz CT molecular complexity index is 1660. The largest absolute Gasteiger partial charge is 0.326 e. The quantitative estimate of drug-likeness (QED) is 0.143. The van der Waals surface area contributed by atoms with Crippen LogP contribution >= 0.6 is 58.0 Å². The maximum absolute atomic E-state index is 15.3. The van der Waals surface area contributed by atoms with Gasteiger partial charge in [0.05, 0.1) is 29.3 Å². The first-order chi connectivity index (χ1) is 20.0. The fourth-order valence-electron chi connectivity index (χ4n) is 4.92. The lowest BCUT2D eigenvalue weighted by atomic mass is 10.0. The number of Topliss-reactive ketones (excluding diaryl/α,β-unsaturated/α-hetero) is 1. The van der Waals surface area contributed by atoms with Crippen molar-refractivity contribution >= 4 is 75.4 Å². The number of alkyl halides is 2. The number of nitrogens with zero attached hydrogens (tertiary/aromatic N) is 1. The summed E-state index contributed by atoms with van der Waals surface area (Å²) in [5, 5.41) is 3.56. The molecular weight excluding hydrogens is 648 g/mol. The van der Waals surface area contributed by atoms with Gasteiger partial charge in [-0.25, -0.2) is 8.78 Å². The number of aryl methyl sites for hydroxylation is 1. The average Bonchev–Trinajstić information content (AvgIpc) is 3.53. The maximum atomic E-state index is 15.3. The summed E-state index contributed by atoms with van der Waals surface area (Å²) in [5.41, 5.74) is 1.47. The molecule has 0 spiro atoms. The predicted octanol–water partition coefficient (Wildman–Crippen LogP) is 9.06. The second-order valence-corrected chi connectivity index (χ2v) is 12.7. The van der Waals surface area contributed by atoms with E-state index in [1.54, 1.807) is 18.2 Å². The molecule has 3 aromatic carbocycles. The molecule has 1 saturated carbocycles. The summed E-state index contributed by atoms with van der Waals surface area (Å²) < 4.78 is 28.3. The van der Waals surface area contributed by atoms with Crippen molar-refractivity contribution in [3.63, 3.8) is 0 Å². The molecule has 1 aliphatic carbocycles. The third-order valence-electron chi connectivity index (χ3n) is 7.09. The van der Waals surface area contributed by atoms with E-state index in [0.717, 1.165) is 11.8 Å². The monoisotopic (exact) mass is 666 g/mol. The van der Waals surface area contributed by atoms with Gasteiger partial charge < -0.3 is 5.32 Å². The molecule has 11 heteroatoms. The third-order valence-corrected chi connectivity index (χ3v) is 8.80. The Labute approximate surface area is 265 Å². The van der Waals surface area contributed by atoms with Gasteiger partial charge in [0.15, 0.2) is 11.6 Å². The second kappa shape index (κ2) is 12.5. The number of hydrogen-bond acceptors (Lipinski definition) is 3. The second-order valence-electron chi connectivity index (χ2n) is 9.95. The van der Waals surface area contributed by atoms with Gasteiger partial charge in [-0.05, 0) is 60.4 Å². The fraction of sp³-hybridized carbons (Fsp3) is 0.194. The molecule has 0 bridgehead atoms. The lowest BCUT2D eigenvalue weighted by Gasteiger charge is -2.11. The van der Waals surface area contributed by atoms with Crippen LogP contribution in [0.4, 0.5) is 14.5 Å². The van der Waals surface area contributed by atoms with Crippen LogP contribution in [0.15, 0.2) is 72.9 Å².